The average molecular weight is 414 g/mol. The monoisotopic (exact) mass is 413 g/mol. The molecule has 5 nitrogen and oxygen atoms in total. The number of anilines is 1. The number of fused-ring (bicyclic) bond motifs is 1. The Hall–Kier alpha value is -2.08. The zero-order valence-electron chi connectivity index (χ0n) is 16.9. The molecule has 2 aliphatic rings. The summed E-state index contributed by atoms with van der Waals surface area (Å²) < 4.78 is 5.55. The van der Waals surface area contributed by atoms with Gasteiger partial charge in [-0.3, -0.25) is 9.69 Å². The molecule has 0 aliphatic carbocycles. The van der Waals surface area contributed by atoms with Crippen LogP contribution in [0, 0.1) is 0 Å². The molecule has 1 amide bonds. The van der Waals surface area contributed by atoms with Crippen molar-refractivity contribution in [3.63, 3.8) is 0 Å². The van der Waals surface area contributed by atoms with Gasteiger partial charge in [0, 0.05) is 49.5 Å². The molecule has 0 radical (unpaired) electrons. The lowest BCUT2D eigenvalue weighted by atomic mass is 9.95. The summed E-state index contributed by atoms with van der Waals surface area (Å²) >= 11 is 6.04. The summed E-state index contributed by atoms with van der Waals surface area (Å²) in [5, 5.41) is 3.69. The molecule has 1 N–H and O–H groups in total. The van der Waals surface area contributed by atoms with Crippen molar-refractivity contribution in [1.29, 1.82) is 0 Å². The maximum atomic E-state index is 12.7. The van der Waals surface area contributed by atoms with E-state index in [0.29, 0.717) is 17.1 Å². The minimum absolute atomic E-state index is 0.0940. The van der Waals surface area contributed by atoms with Crippen molar-refractivity contribution in [2.24, 2.45) is 0 Å². The van der Waals surface area contributed by atoms with Gasteiger partial charge >= 0.3 is 0 Å². The molecule has 2 aliphatic heterocycles. The van der Waals surface area contributed by atoms with Crippen LogP contribution in [0.3, 0.4) is 0 Å². The Labute approximate surface area is 177 Å². The fourth-order valence-corrected chi connectivity index (χ4v) is 4.47. The Balaban J connectivity index is 1.54. The van der Waals surface area contributed by atoms with Gasteiger partial charge in [0.05, 0.1) is 19.3 Å². The SMILES string of the molecule is CN1CCCc2cc([C@@H](CNC(=O)c3cccc(Cl)c3)N3CCOCC3)ccc21. The van der Waals surface area contributed by atoms with Crippen LogP contribution in [-0.4, -0.2) is 57.2 Å². The number of halogens is 1. The molecule has 154 valence electrons. The number of hydrogen-bond donors (Lipinski definition) is 1. The molecule has 0 unspecified atom stereocenters. The van der Waals surface area contributed by atoms with Crippen molar-refractivity contribution >= 4 is 23.2 Å². The number of nitrogens with zero attached hydrogens (tertiary/aromatic N) is 2. The van der Waals surface area contributed by atoms with E-state index in [0.717, 1.165) is 39.3 Å². The maximum Gasteiger partial charge on any atom is 0.251 e. The third-order valence-corrected chi connectivity index (χ3v) is 6.10. The van der Waals surface area contributed by atoms with Crippen molar-refractivity contribution in [3.8, 4) is 0 Å². The number of morpholine rings is 1. The van der Waals surface area contributed by atoms with Gasteiger partial charge in [-0.05, 0) is 48.2 Å². The molecular weight excluding hydrogens is 386 g/mol. The number of carbonyl (C=O) groups excluding carboxylic acids is 1. The molecule has 1 saturated heterocycles. The third kappa shape index (κ3) is 4.74. The van der Waals surface area contributed by atoms with E-state index in [1.165, 1.54) is 23.2 Å². The van der Waals surface area contributed by atoms with E-state index in [1.54, 1.807) is 24.3 Å². The van der Waals surface area contributed by atoms with Crippen LogP contribution < -0.4 is 10.2 Å². The second-order valence-corrected chi connectivity index (χ2v) is 8.23. The van der Waals surface area contributed by atoms with Gasteiger partial charge in [0.15, 0.2) is 0 Å². The minimum atomic E-state index is -0.0940. The number of nitrogens with one attached hydrogen (secondary N) is 1. The van der Waals surface area contributed by atoms with E-state index in [4.69, 9.17) is 16.3 Å². The molecule has 0 spiro atoms. The number of carbonyl (C=O) groups is 1. The Morgan fingerprint density at radius 3 is 2.79 bits per heavy atom. The summed E-state index contributed by atoms with van der Waals surface area (Å²) in [7, 11) is 2.16. The third-order valence-electron chi connectivity index (χ3n) is 5.87. The van der Waals surface area contributed by atoms with Crippen molar-refractivity contribution in [3.05, 3.63) is 64.2 Å². The Morgan fingerprint density at radius 2 is 2.00 bits per heavy atom. The number of ether oxygens (including phenoxy) is 1. The smallest absolute Gasteiger partial charge is 0.251 e. The highest BCUT2D eigenvalue weighted by Crippen LogP contribution is 2.31. The van der Waals surface area contributed by atoms with Crippen LogP contribution in [0.15, 0.2) is 42.5 Å². The van der Waals surface area contributed by atoms with Gasteiger partial charge in [-0.2, -0.15) is 0 Å². The van der Waals surface area contributed by atoms with Crippen LogP contribution in [0.4, 0.5) is 5.69 Å². The molecule has 4 rings (SSSR count). The van der Waals surface area contributed by atoms with Crippen molar-refractivity contribution < 1.29 is 9.53 Å². The van der Waals surface area contributed by atoms with Gasteiger partial charge in [0.25, 0.3) is 5.91 Å². The zero-order chi connectivity index (χ0) is 20.2. The fraction of sp³-hybridized carbons (Fsp3) is 0.435. The summed E-state index contributed by atoms with van der Waals surface area (Å²) in [6.07, 6.45) is 2.29. The van der Waals surface area contributed by atoms with Crippen LogP contribution in [-0.2, 0) is 11.2 Å². The number of rotatable bonds is 5. The van der Waals surface area contributed by atoms with E-state index < -0.39 is 0 Å². The lowest BCUT2D eigenvalue weighted by molar-refractivity contribution is 0.0162. The lowest BCUT2D eigenvalue weighted by Crippen LogP contribution is -2.44. The minimum Gasteiger partial charge on any atom is -0.379 e. The molecule has 29 heavy (non-hydrogen) atoms. The van der Waals surface area contributed by atoms with Crippen LogP contribution in [0.2, 0.25) is 5.02 Å². The molecule has 6 heteroatoms. The number of benzene rings is 2. The van der Waals surface area contributed by atoms with Gasteiger partial charge in [-0.1, -0.05) is 29.8 Å². The van der Waals surface area contributed by atoms with E-state index in [9.17, 15) is 4.79 Å². The van der Waals surface area contributed by atoms with Crippen LogP contribution >= 0.6 is 11.6 Å². The van der Waals surface area contributed by atoms with E-state index >= 15 is 0 Å². The first-order chi connectivity index (χ1) is 14.1. The van der Waals surface area contributed by atoms with Crippen molar-refractivity contribution in [2.75, 3.05) is 51.3 Å². The molecular formula is C23H28ClN3O2. The molecule has 1 atom stereocenters. The first-order valence-electron chi connectivity index (χ1n) is 10.3. The molecule has 0 saturated carbocycles. The molecule has 2 aromatic rings. The van der Waals surface area contributed by atoms with Crippen LogP contribution in [0.25, 0.3) is 0 Å². The number of amides is 1. The lowest BCUT2D eigenvalue weighted by Gasteiger charge is -2.36. The Bertz CT molecular complexity index is 867. The van der Waals surface area contributed by atoms with Crippen molar-refractivity contribution in [2.45, 2.75) is 18.9 Å². The summed E-state index contributed by atoms with van der Waals surface area (Å²) in [5.74, 6) is -0.0940. The average Bonchev–Trinajstić information content (AvgIpc) is 2.74. The molecule has 2 aromatic carbocycles. The predicted molar refractivity (Wildman–Crippen MR) is 117 cm³/mol. The zero-order valence-corrected chi connectivity index (χ0v) is 17.6. The van der Waals surface area contributed by atoms with Gasteiger partial charge in [-0.25, -0.2) is 0 Å². The molecule has 0 aromatic heterocycles. The van der Waals surface area contributed by atoms with Gasteiger partial charge in [0.1, 0.15) is 0 Å². The predicted octanol–water partition coefficient (Wildman–Crippen LogP) is 3.53. The first-order valence-corrected chi connectivity index (χ1v) is 10.7. The van der Waals surface area contributed by atoms with Crippen LogP contribution in [0.1, 0.15) is 33.9 Å². The summed E-state index contributed by atoms with van der Waals surface area (Å²) in [4.78, 5) is 17.4. The first kappa shape index (κ1) is 20.2. The summed E-state index contributed by atoms with van der Waals surface area (Å²) in [5.41, 5.74) is 4.57. The number of hydrogen-bond acceptors (Lipinski definition) is 4. The van der Waals surface area contributed by atoms with E-state index in [1.807, 2.05) is 0 Å². The van der Waals surface area contributed by atoms with E-state index in [2.05, 4.69) is 40.4 Å². The standard InChI is InChI=1S/C23H28ClN3O2/c1-26-9-3-5-17-14-18(7-8-21(17)26)22(27-10-12-29-13-11-27)16-25-23(28)19-4-2-6-20(24)15-19/h2,4,6-8,14-15,22H,3,5,9-13,16H2,1H3,(H,25,28)/t22-/m1/s1. The van der Waals surface area contributed by atoms with E-state index in [-0.39, 0.29) is 11.9 Å². The fourth-order valence-electron chi connectivity index (χ4n) is 4.28. The highest BCUT2D eigenvalue weighted by Gasteiger charge is 2.25. The second-order valence-electron chi connectivity index (χ2n) is 7.80. The van der Waals surface area contributed by atoms with Crippen molar-refractivity contribution in [1.82, 2.24) is 10.2 Å². The highest BCUT2D eigenvalue weighted by atomic mass is 35.5. The second kappa shape index (κ2) is 9.16. The summed E-state index contributed by atoms with van der Waals surface area (Å²) in [6.45, 7) is 4.86. The number of aryl methyl sites for hydroxylation is 1. The van der Waals surface area contributed by atoms with Gasteiger partial charge < -0.3 is 15.0 Å². The largest absolute Gasteiger partial charge is 0.379 e. The maximum absolute atomic E-state index is 12.7. The highest BCUT2D eigenvalue weighted by molar-refractivity contribution is 6.30. The summed E-state index contributed by atoms with van der Waals surface area (Å²) in [6, 6.07) is 14.0. The van der Waals surface area contributed by atoms with Gasteiger partial charge in [-0.15, -0.1) is 0 Å². The normalized spacial score (nSPS) is 18.2. The molecule has 0 bridgehead atoms. The topological polar surface area (TPSA) is 44.8 Å². The Kier molecular flexibility index (Phi) is 6.38. The quantitative estimate of drug-likeness (QED) is 0.814. The Morgan fingerprint density at radius 1 is 1.17 bits per heavy atom. The van der Waals surface area contributed by atoms with Gasteiger partial charge in [0.2, 0.25) is 0 Å². The molecule has 1 fully saturated rings. The van der Waals surface area contributed by atoms with Crippen LogP contribution in [0.5, 0.6) is 0 Å². The molecule has 2 heterocycles.